The first-order valence-electron chi connectivity index (χ1n) is 8.18. The molecule has 0 saturated heterocycles. The van der Waals surface area contributed by atoms with Crippen molar-refractivity contribution in [3.05, 3.63) is 74.5 Å². The molecule has 0 atom stereocenters. The molecule has 0 radical (unpaired) electrons. The Hall–Kier alpha value is -3.18. The highest BCUT2D eigenvalue weighted by Gasteiger charge is 2.17. The number of rotatable bonds is 0. The lowest BCUT2D eigenvalue weighted by Crippen LogP contribution is -2.13. The molecule has 0 aliphatic carbocycles. The van der Waals surface area contributed by atoms with Gasteiger partial charge in [-0.25, -0.2) is 0 Å². The molecule has 4 aromatic carbocycles. The number of hydrogen-bond donors (Lipinski definition) is 2. The van der Waals surface area contributed by atoms with Crippen molar-refractivity contribution < 1.29 is 5.11 Å². The Kier molecular flexibility index (Phi) is 3.00. The van der Waals surface area contributed by atoms with Crippen LogP contribution in [0, 0.1) is 6.92 Å². The molecule has 0 aliphatic rings. The topological polar surface area (TPSA) is 70.2 Å². The molecule has 5 rings (SSSR count). The molecule has 0 unspecified atom stereocenters. The van der Waals surface area contributed by atoms with Crippen LogP contribution >= 0.6 is 11.3 Å². The van der Waals surface area contributed by atoms with Crippen LogP contribution in [-0.2, 0) is 0 Å². The van der Waals surface area contributed by atoms with E-state index in [9.17, 15) is 14.7 Å². The van der Waals surface area contributed by atoms with Crippen molar-refractivity contribution in [1.29, 1.82) is 0 Å². The number of aromatic hydroxyl groups is 1. The van der Waals surface area contributed by atoms with Gasteiger partial charge in [-0.05, 0) is 24.6 Å². The second-order valence-electron chi connectivity index (χ2n) is 6.45. The molecule has 0 spiro atoms. The minimum absolute atomic E-state index is 0.0797. The van der Waals surface area contributed by atoms with E-state index in [0.717, 1.165) is 20.5 Å². The molecule has 4 nitrogen and oxygen atoms in total. The van der Waals surface area contributed by atoms with Crippen LogP contribution in [0.15, 0.2) is 58.1 Å². The summed E-state index contributed by atoms with van der Waals surface area (Å²) in [7, 11) is 0. The van der Waals surface area contributed by atoms with E-state index in [1.54, 1.807) is 30.3 Å². The van der Waals surface area contributed by atoms with Gasteiger partial charge in [-0.1, -0.05) is 30.3 Å². The number of H-pyrrole nitrogens is 1. The number of hydrogen-bond acceptors (Lipinski definition) is 4. The van der Waals surface area contributed by atoms with E-state index in [0.29, 0.717) is 16.3 Å². The van der Waals surface area contributed by atoms with Gasteiger partial charge in [0, 0.05) is 16.8 Å². The maximum Gasteiger partial charge on any atom is 0.198 e. The molecular weight excluding hydrogens is 346 g/mol. The summed E-state index contributed by atoms with van der Waals surface area (Å²) in [5.74, 6) is -0.156. The largest absolute Gasteiger partial charge is 0.507 e. The van der Waals surface area contributed by atoms with E-state index < -0.39 is 0 Å². The van der Waals surface area contributed by atoms with Gasteiger partial charge < -0.3 is 10.1 Å². The zero-order valence-corrected chi connectivity index (χ0v) is 14.6. The summed E-state index contributed by atoms with van der Waals surface area (Å²) in [5, 5.41) is 11.6. The first-order valence-corrected chi connectivity index (χ1v) is 9.00. The standard InChI is InChI=1S/C21H13NO3S/c1-10-6-7-13-15(8-10)26-16-9-14(23)17-18(19(16)22-13)21(25)12-5-3-2-4-11(12)20(17)24/h2-9,22-23H,1H3. The third-order valence-electron chi connectivity index (χ3n) is 4.76. The van der Waals surface area contributed by atoms with Gasteiger partial charge in [-0.15, -0.1) is 11.3 Å². The Morgan fingerprint density at radius 1 is 0.885 bits per heavy atom. The Morgan fingerprint density at radius 2 is 1.58 bits per heavy atom. The second-order valence-corrected chi connectivity index (χ2v) is 7.53. The third-order valence-corrected chi connectivity index (χ3v) is 5.86. The predicted molar refractivity (Wildman–Crippen MR) is 108 cm³/mol. The number of phenolic OH excluding ortho intramolecular Hbond substituents is 1. The molecule has 1 aromatic heterocycles. The summed E-state index contributed by atoms with van der Waals surface area (Å²) in [6.45, 7) is 2.01. The Bertz CT molecular complexity index is 1500. The fourth-order valence-corrected chi connectivity index (χ4v) is 4.66. The predicted octanol–water partition coefficient (Wildman–Crippen LogP) is 4.42. The highest BCUT2D eigenvalue weighted by atomic mass is 32.1. The third kappa shape index (κ3) is 1.95. The lowest BCUT2D eigenvalue weighted by molar-refractivity contribution is 0.482. The van der Waals surface area contributed by atoms with Gasteiger partial charge in [-0.3, -0.25) is 9.59 Å². The number of aromatic nitrogens is 1. The molecule has 5 aromatic rings. The van der Waals surface area contributed by atoms with Gasteiger partial charge in [0.15, 0.2) is 10.9 Å². The van der Waals surface area contributed by atoms with E-state index >= 15 is 0 Å². The van der Waals surface area contributed by atoms with Gasteiger partial charge >= 0.3 is 0 Å². The number of aryl methyl sites for hydroxylation is 1. The van der Waals surface area contributed by atoms with Crippen molar-refractivity contribution in [3.8, 4) is 5.75 Å². The lowest BCUT2D eigenvalue weighted by Gasteiger charge is -2.09. The highest BCUT2D eigenvalue weighted by molar-refractivity contribution is 7.24. The molecule has 126 valence electrons. The molecule has 0 bridgehead atoms. The van der Waals surface area contributed by atoms with E-state index in [1.807, 2.05) is 19.1 Å². The average Bonchev–Trinajstić information content (AvgIpc) is 2.64. The minimum Gasteiger partial charge on any atom is -0.507 e. The normalized spacial score (nSPS) is 11.7. The van der Waals surface area contributed by atoms with Crippen LogP contribution in [0.5, 0.6) is 5.75 Å². The van der Waals surface area contributed by atoms with E-state index in [1.165, 1.54) is 11.3 Å². The number of benzene rings is 4. The van der Waals surface area contributed by atoms with Crippen molar-refractivity contribution in [2.75, 3.05) is 0 Å². The molecule has 0 amide bonds. The summed E-state index contributed by atoms with van der Waals surface area (Å²) in [5.41, 5.74) is 2.04. The first-order chi connectivity index (χ1) is 12.5. The molecule has 0 aliphatic heterocycles. The van der Waals surface area contributed by atoms with Crippen LogP contribution in [0.1, 0.15) is 5.56 Å². The smallest absolute Gasteiger partial charge is 0.198 e. The zero-order valence-electron chi connectivity index (χ0n) is 13.8. The fourth-order valence-electron chi connectivity index (χ4n) is 3.53. The van der Waals surface area contributed by atoms with Crippen molar-refractivity contribution in [2.45, 2.75) is 6.92 Å². The van der Waals surface area contributed by atoms with Crippen LogP contribution < -0.4 is 10.9 Å². The van der Waals surface area contributed by atoms with E-state index in [2.05, 4.69) is 11.1 Å². The van der Waals surface area contributed by atoms with Crippen LogP contribution in [0.3, 0.4) is 0 Å². The summed E-state index contributed by atoms with van der Waals surface area (Å²) in [6.07, 6.45) is 0. The minimum atomic E-state index is -0.322. The van der Waals surface area contributed by atoms with Crippen molar-refractivity contribution >= 4 is 53.3 Å². The fraction of sp³-hybridized carbons (Fsp3) is 0.0476. The zero-order chi connectivity index (χ0) is 18.0. The van der Waals surface area contributed by atoms with Crippen LogP contribution in [0.4, 0.5) is 0 Å². The summed E-state index contributed by atoms with van der Waals surface area (Å²) in [4.78, 5) is 29.3. The van der Waals surface area contributed by atoms with Crippen LogP contribution in [-0.4, -0.2) is 10.1 Å². The molecule has 1 heterocycles. The van der Waals surface area contributed by atoms with Crippen LogP contribution in [0.2, 0.25) is 0 Å². The van der Waals surface area contributed by atoms with Gasteiger partial charge in [0.1, 0.15) is 5.75 Å². The summed E-state index contributed by atoms with van der Waals surface area (Å²) >= 11 is 1.48. The first kappa shape index (κ1) is 15.1. The summed E-state index contributed by atoms with van der Waals surface area (Å²) in [6, 6.07) is 14.3. The van der Waals surface area contributed by atoms with Crippen molar-refractivity contribution in [3.63, 3.8) is 0 Å². The Labute approximate surface area is 151 Å². The quantitative estimate of drug-likeness (QED) is 0.317. The number of aromatic amines is 1. The van der Waals surface area contributed by atoms with E-state index in [4.69, 9.17) is 0 Å². The molecule has 5 heteroatoms. The Morgan fingerprint density at radius 3 is 2.31 bits per heavy atom. The molecule has 2 N–H and O–H groups in total. The molecule has 0 saturated carbocycles. The van der Waals surface area contributed by atoms with Gasteiger partial charge in [0.05, 0.1) is 31.2 Å². The molecule has 0 fully saturated rings. The molecular formula is C21H13NO3S. The van der Waals surface area contributed by atoms with Crippen molar-refractivity contribution in [2.24, 2.45) is 0 Å². The van der Waals surface area contributed by atoms with E-state index in [-0.39, 0.29) is 27.4 Å². The SMILES string of the molecule is Cc1ccc2[nH]c3c(cc(O)c4c(=O)c5ccccc5c(=O)c43)sc2c1. The average molecular weight is 359 g/mol. The van der Waals surface area contributed by atoms with Gasteiger partial charge in [-0.2, -0.15) is 0 Å². The molecule has 26 heavy (non-hydrogen) atoms. The maximum atomic E-state index is 13.1. The Balaban J connectivity index is 2.13. The maximum absolute atomic E-state index is 13.1. The monoisotopic (exact) mass is 359 g/mol. The summed E-state index contributed by atoms with van der Waals surface area (Å²) < 4.78 is 1.76. The van der Waals surface area contributed by atoms with Gasteiger partial charge in [0.25, 0.3) is 0 Å². The number of fused-ring (bicyclic) bond motifs is 5. The van der Waals surface area contributed by atoms with Gasteiger partial charge in [0.2, 0.25) is 0 Å². The number of phenols is 1. The van der Waals surface area contributed by atoms with Crippen LogP contribution in [0.25, 0.3) is 42.0 Å². The highest BCUT2D eigenvalue weighted by Crippen LogP contribution is 2.34. The van der Waals surface area contributed by atoms with Crippen molar-refractivity contribution in [1.82, 2.24) is 4.98 Å². The number of nitrogens with one attached hydrogen (secondary N) is 1. The second kappa shape index (κ2) is 5.16. The lowest BCUT2D eigenvalue weighted by atomic mass is 10.0.